The molecule has 0 spiro atoms. The quantitative estimate of drug-likeness (QED) is 0.547. The Morgan fingerprint density at radius 3 is 2.55 bits per heavy atom. The van der Waals surface area contributed by atoms with Gasteiger partial charge >= 0.3 is 0 Å². The lowest BCUT2D eigenvalue weighted by Gasteiger charge is -2.29. The smallest absolute Gasteiger partial charge is 0.243 e. The van der Waals surface area contributed by atoms with Gasteiger partial charge in [0.2, 0.25) is 10.0 Å². The van der Waals surface area contributed by atoms with Crippen molar-refractivity contribution in [3.63, 3.8) is 0 Å². The van der Waals surface area contributed by atoms with E-state index in [1.165, 1.54) is 17.1 Å². The molecule has 10 heteroatoms. The fourth-order valence-electron chi connectivity index (χ4n) is 4.41. The van der Waals surface area contributed by atoms with E-state index in [0.717, 1.165) is 36.8 Å². The maximum absolute atomic E-state index is 13.2. The molecule has 1 aromatic carbocycles. The highest BCUT2D eigenvalue weighted by Crippen LogP contribution is 2.28. The van der Waals surface area contributed by atoms with Crippen LogP contribution in [-0.2, 0) is 21.4 Å². The average molecular weight is 494 g/mol. The van der Waals surface area contributed by atoms with Gasteiger partial charge in [0.15, 0.2) is 10.6 Å². The number of benzene rings is 1. The number of piperidine rings is 1. The van der Waals surface area contributed by atoms with Crippen LogP contribution < -0.4 is 0 Å². The zero-order valence-corrected chi connectivity index (χ0v) is 21.4. The predicted octanol–water partition coefficient (Wildman–Crippen LogP) is 3.76. The van der Waals surface area contributed by atoms with Crippen LogP contribution in [0.1, 0.15) is 46.1 Å². The van der Waals surface area contributed by atoms with Gasteiger partial charge in [-0.15, -0.1) is 0 Å². The maximum atomic E-state index is 13.2. The van der Waals surface area contributed by atoms with Crippen molar-refractivity contribution in [2.24, 2.45) is 5.92 Å². The minimum atomic E-state index is -3.59. The summed E-state index contributed by atoms with van der Waals surface area (Å²) in [5, 5.41) is 4.90. The number of hydrogen-bond acceptors (Lipinski definition) is 6. The summed E-state index contributed by atoms with van der Waals surface area (Å²) in [4.78, 5) is 2.68. The summed E-state index contributed by atoms with van der Waals surface area (Å²) in [6.07, 6.45) is 3.28. The van der Waals surface area contributed by atoms with Gasteiger partial charge in [-0.05, 0) is 56.5 Å². The molecule has 2 aliphatic heterocycles. The molecule has 182 valence electrons. The second-order valence-electron chi connectivity index (χ2n) is 9.22. The van der Waals surface area contributed by atoms with Gasteiger partial charge in [-0.3, -0.25) is 9.47 Å². The van der Waals surface area contributed by atoms with Crippen LogP contribution in [0.3, 0.4) is 0 Å². The van der Waals surface area contributed by atoms with Gasteiger partial charge in [-0.1, -0.05) is 26.0 Å². The van der Waals surface area contributed by atoms with Crippen molar-refractivity contribution >= 4 is 22.2 Å². The summed E-state index contributed by atoms with van der Waals surface area (Å²) in [5.74, 6) is 1.48. The van der Waals surface area contributed by atoms with E-state index in [1.54, 1.807) is 18.2 Å². The summed E-state index contributed by atoms with van der Waals surface area (Å²) in [5.41, 5.74) is 0.766. The lowest BCUT2D eigenvalue weighted by molar-refractivity contribution is 0.0730. The van der Waals surface area contributed by atoms with Crippen molar-refractivity contribution < 1.29 is 13.2 Å². The van der Waals surface area contributed by atoms with Crippen LogP contribution in [-0.4, -0.2) is 71.4 Å². The molecule has 0 N–H and O–H groups in total. The summed E-state index contributed by atoms with van der Waals surface area (Å²) in [6.45, 7) is 10.9. The molecular formula is C23H35N5O3S2. The number of likely N-dealkylation sites (tertiary alicyclic amines) is 1. The molecule has 3 heterocycles. The fraction of sp³-hybridized carbons (Fsp3) is 0.652. The highest BCUT2D eigenvalue weighted by Gasteiger charge is 2.27. The number of nitrogens with zero attached hydrogens (tertiary/aromatic N) is 5. The third kappa shape index (κ3) is 5.24. The number of morpholine rings is 1. The first-order valence-electron chi connectivity index (χ1n) is 11.9. The van der Waals surface area contributed by atoms with Crippen molar-refractivity contribution in [3.05, 3.63) is 29.0 Å². The monoisotopic (exact) mass is 493 g/mol. The van der Waals surface area contributed by atoms with E-state index in [1.807, 2.05) is 10.7 Å². The van der Waals surface area contributed by atoms with Crippen LogP contribution >= 0.6 is 12.2 Å². The van der Waals surface area contributed by atoms with Gasteiger partial charge in [-0.25, -0.2) is 13.1 Å². The summed E-state index contributed by atoms with van der Waals surface area (Å²) >= 11 is 5.85. The predicted molar refractivity (Wildman–Crippen MR) is 131 cm³/mol. The fourth-order valence-corrected chi connectivity index (χ4v) is 6.23. The Morgan fingerprint density at radius 1 is 1.18 bits per heavy atom. The molecule has 0 amide bonds. The Labute approximate surface area is 202 Å². The minimum absolute atomic E-state index is 0.155. The van der Waals surface area contributed by atoms with Gasteiger partial charge in [0, 0.05) is 37.8 Å². The van der Waals surface area contributed by atoms with Crippen LogP contribution in [0.5, 0.6) is 0 Å². The Morgan fingerprint density at radius 2 is 1.88 bits per heavy atom. The van der Waals surface area contributed by atoms with Crippen LogP contribution in [0.2, 0.25) is 0 Å². The lowest BCUT2D eigenvalue weighted by Crippen LogP contribution is -2.40. The minimum Gasteiger partial charge on any atom is -0.379 e. The molecule has 2 aliphatic rings. The van der Waals surface area contributed by atoms with Crippen molar-refractivity contribution in [2.75, 3.05) is 39.4 Å². The molecule has 8 nitrogen and oxygen atoms in total. The van der Waals surface area contributed by atoms with Gasteiger partial charge in [0.25, 0.3) is 0 Å². The molecule has 2 fully saturated rings. The van der Waals surface area contributed by atoms with Gasteiger partial charge in [-0.2, -0.15) is 9.40 Å². The molecule has 2 saturated heterocycles. The SMILES string of the molecule is CCC(C)n1c(-c2cccc(S(=O)(=O)N3CCOCC3)c2)nn(CN2CCC(C)CC2)c1=S. The number of ether oxygens (including phenoxy) is 1. The Kier molecular flexibility index (Phi) is 7.69. The standard InChI is InChI=1S/C23H35N5O3S2/c1-4-19(3)28-22(24-27(23(28)32)17-25-10-8-18(2)9-11-25)20-6-5-7-21(16-20)33(29,30)26-12-14-31-15-13-26/h5-7,16,18-19H,4,8-15,17H2,1-3H3. The Balaban J connectivity index is 1.69. The van der Waals surface area contributed by atoms with E-state index in [0.29, 0.717) is 37.7 Å². The third-order valence-corrected chi connectivity index (χ3v) is 9.11. The number of sulfonamides is 1. The molecule has 4 rings (SSSR count). The van der Waals surface area contributed by atoms with E-state index < -0.39 is 10.0 Å². The first kappa shape index (κ1) is 24.5. The van der Waals surface area contributed by atoms with E-state index >= 15 is 0 Å². The summed E-state index contributed by atoms with van der Waals surface area (Å²) in [6, 6.07) is 7.25. The molecule has 1 aromatic heterocycles. The van der Waals surface area contributed by atoms with Crippen molar-refractivity contribution in [3.8, 4) is 11.4 Å². The molecule has 0 radical (unpaired) electrons. The zero-order valence-electron chi connectivity index (χ0n) is 19.8. The van der Waals surface area contributed by atoms with Crippen LogP contribution in [0.4, 0.5) is 0 Å². The first-order valence-corrected chi connectivity index (χ1v) is 13.8. The van der Waals surface area contributed by atoms with Crippen molar-refractivity contribution in [2.45, 2.75) is 57.6 Å². The number of rotatable bonds is 7. The van der Waals surface area contributed by atoms with Crippen LogP contribution in [0.25, 0.3) is 11.4 Å². The lowest BCUT2D eigenvalue weighted by atomic mass is 10.00. The van der Waals surface area contributed by atoms with Crippen molar-refractivity contribution in [1.29, 1.82) is 0 Å². The second-order valence-corrected chi connectivity index (χ2v) is 11.5. The Bertz CT molecular complexity index is 1110. The Hall–Kier alpha value is -1.59. The normalized spacial score (nSPS) is 20.2. The van der Waals surface area contributed by atoms with E-state index in [9.17, 15) is 8.42 Å². The first-order chi connectivity index (χ1) is 15.8. The van der Waals surface area contributed by atoms with E-state index in [-0.39, 0.29) is 10.9 Å². The zero-order chi connectivity index (χ0) is 23.6. The molecule has 0 saturated carbocycles. The number of aromatic nitrogens is 3. The highest BCUT2D eigenvalue weighted by molar-refractivity contribution is 7.89. The summed E-state index contributed by atoms with van der Waals surface area (Å²) in [7, 11) is -3.59. The average Bonchev–Trinajstić information content (AvgIpc) is 3.16. The van der Waals surface area contributed by atoms with Crippen molar-refractivity contribution in [1.82, 2.24) is 23.6 Å². The molecule has 1 unspecified atom stereocenters. The number of hydrogen-bond donors (Lipinski definition) is 0. The van der Waals surface area contributed by atoms with Crippen LogP contribution in [0.15, 0.2) is 29.2 Å². The second kappa shape index (κ2) is 10.4. The van der Waals surface area contributed by atoms with E-state index in [4.69, 9.17) is 22.1 Å². The molecule has 33 heavy (non-hydrogen) atoms. The highest BCUT2D eigenvalue weighted by atomic mass is 32.2. The topological polar surface area (TPSA) is 72.6 Å². The van der Waals surface area contributed by atoms with E-state index in [2.05, 4.69) is 30.2 Å². The summed E-state index contributed by atoms with van der Waals surface area (Å²) < 4.78 is 37.9. The maximum Gasteiger partial charge on any atom is 0.243 e. The van der Waals surface area contributed by atoms with Gasteiger partial charge in [0.05, 0.1) is 24.8 Å². The van der Waals surface area contributed by atoms with Gasteiger partial charge in [0.1, 0.15) is 0 Å². The van der Waals surface area contributed by atoms with Crippen LogP contribution in [0, 0.1) is 10.7 Å². The molecule has 2 aromatic rings. The molecule has 0 bridgehead atoms. The third-order valence-electron chi connectivity index (χ3n) is 6.81. The molecular weight excluding hydrogens is 458 g/mol. The van der Waals surface area contributed by atoms with Gasteiger partial charge < -0.3 is 4.74 Å². The molecule has 0 aliphatic carbocycles. The largest absolute Gasteiger partial charge is 0.379 e. The molecule has 1 atom stereocenters.